The summed E-state index contributed by atoms with van der Waals surface area (Å²) in [5.74, 6) is 0. The molecule has 0 saturated heterocycles. The molecule has 0 rings (SSSR count). The van der Waals surface area contributed by atoms with Crippen molar-refractivity contribution in [3.05, 3.63) is 37.1 Å². The first-order valence-electron chi connectivity index (χ1n) is 5.32. The van der Waals surface area contributed by atoms with E-state index in [1.54, 1.807) is 6.08 Å². The Kier molecular flexibility index (Phi) is 10.9. The molecule has 0 bridgehead atoms. The first-order valence-corrected chi connectivity index (χ1v) is 5.32. The average Bonchev–Trinajstić information content (AvgIpc) is 2.19. The fraction of sp³-hybridized carbons (Fsp3) is 0.500. The molecule has 0 aliphatic carbocycles. The largest absolute Gasteiger partial charge is 0.498 e. The normalized spacial score (nSPS) is 9.25. The number of carbonyl (C=O) groups is 1. The highest BCUT2D eigenvalue weighted by molar-refractivity contribution is 5.51. The van der Waals surface area contributed by atoms with Crippen molar-refractivity contribution in [3.8, 4) is 0 Å². The van der Waals surface area contributed by atoms with E-state index in [1.807, 2.05) is 33.8 Å². The molecule has 0 heterocycles. The van der Waals surface area contributed by atoms with Crippen LogP contribution in [0.25, 0.3) is 0 Å². The molecule has 2 nitrogen and oxygen atoms in total. The van der Waals surface area contributed by atoms with E-state index in [0.29, 0.717) is 13.0 Å². The highest BCUT2D eigenvalue weighted by Crippen LogP contribution is 2.18. The Morgan fingerprint density at radius 1 is 1.31 bits per heavy atom. The Labute approximate surface area is 99.7 Å². The molecule has 0 aromatic heterocycles. The minimum Gasteiger partial charge on any atom is -0.498 e. The summed E-state index contributed by atoms with van der Waals surface area (Å²) in [6, 6.07) is 0. The maximum Gasteiger partial charge on any atom is 0.120 e. The lowest BCUT2D eigenvalue weighted by Gasteiger charge is -2.13. The zero-order valence-corrected chi connectivity index (χ0v) is 11.0. The van der Waals surface area contributed by atoms with Gasteiger partial charge in [-0.1, -0.05) is 32.1 Å². The van der Waals surface area contributed by atoms with E-state index in [1.165, 1.54) is 11.8 Å². The van der Waals surface area contributed by atoms with Gasteiger partial charge in [-0.2, -0.15) is 0 Å². The number of rotatable bonds is 6. The number of hydrogen-bond donors (Lipinski definition) is 0. The van der Waals surface area contributed by atoms with Crippen molar-refractivity contribution >= 4 is 6.29 Å². The zero-order chi connectivity index (χ0) is 13.0. The summed E-state index contributed by atoms with van der Waals surface area (Å²) in [6.07, 6.45) is 6.72. The predicted molar refractivity (Wildman–Crippen MR) is 70.2 cm³/mol. The molecule has 0 aromatic rings. The Bertz CT molecular complexity index is 233. The van der Waals surface area contributed by atoms with E-state index in [9.17, 15) is 4.79 Å². The second-order valence-electron chi connectivity index (χ2n) is 4.34. The van der Waals surface area contributed by atoms with Crippen molar-refractivity contribution in [2.75, 3.05) is 6.61 Å². The molecule has 0 saturated carbocycles. The molecule has 0 unspecified atom stereocenters. The van der Waals surface area contributed by atoms with E-state index in [2.05, 4.69) is 13.2 Å². The van der Waals surface area contributed by atoms with Gasteiger partial charge in [-0.3, -0.25) is 0 Å². The lowest BCUT2D eigenvalue weighted by Crippen LogP contribution is -2.06. The number of aldehydes is 1. The Morgan fingerprint density at radius 2 is 1.88 bits per heavy atom. The van der Waals surface area contributed by atoms with E-state index in [-0.39, 0.29) is 5.41 Å². The first-order chi connectivity index (χ1) is 7.39. The maximum absolute atomic E-state index is 9.93. The number of allylic oxidation sites excluding steroid dienone is 2. The van der Waals surface area contributed by atoms with Gasteiger partial charge < -0.3 is 9.53 Å². The summed E-state index contributed by atoms with van der Waals surface area (Å²) in [4.78, 5) is 9.93. The van der Waals surface area contributed by atoms with E-state index in [4.69, 9.17) is 4.74 Å². The van der Waals surface area contributed by atoms with Crippen molar-refractivity contribution < 1.29 is 9.53 Å². The second kappa shape index (κ2) is 10.2. The predicted octanol–water partition coefficient (Wildman–Crippen LogP) is 3.90. The minimum atomic E-state index is -0.0122. The molecule has 0 N–H and O–H groups in total. The van der Waals surface area contributed by atoms with E-state index < -0.39 is 0 Å². The van der Waals surface area contributed by atoms with Gasteiger partial charge in [-0.15, -0.1) is 6.58 Å². The molecule has 0 aliphatic rings. The van der Waals surface area contributed by atoms with Crippen LogP contribution in [-0.2, 0) is 9.53 Å². The van der Waals surface area contributed by atoms with Crippen LogP contribution in [0.4, 0.5) is 0 Å². The van der Waals surface area contributed by atoms with Crippen molar-refractivity contribution in [3.63, 3.8) is 0 Å². The summed E-state index contributed by atoms with van der Waals surface area (Å²) in [6.45, 7) is 15.7. The monoisotopic (exact) mass is 224 g/mol. The Balaban J connectivity index is 0. The van der Waals surface area contributed by atoms with Crippen molar-refractivity contribution in [2.24, 2.45) is 5.41 Å². The van der Waals surface area contributed by atoms with Crippen molar-refractivity contribution in [2.45, 2.75) is 34.1 Å². The van der Waals surface area contributed by atoms with Gasteiger partial charge in [0.25, 0.3) is 0 Å². The van der Waals surface area contributed by atoms with Crippen LogP contribution < -0.4 is 0 Å². The molecule has 16 heavy (non-hydrogen) atoms. The number of ether oxygens (including phenoxy) is 1. The third-order valence-electron chi connectivity index (χ3n) is 1.87. The zero-order valence-electron chi connectivity index (χ0n) is 11.0. The molecule has 0 fully saturated rings. The van der Waals surface area contributed by atoms with Gasteiger partial charge in [-0.05, 0) is 25.3 Å². The topological polar surface area (TPSA) is 26.3 Å². The molecule has 0 spiro atoms. The van der Waals surface area contributed by atoms with Gasteiger partial charge in [0, 0.05) is 6.42 Å². The van der Waals surface area contributed by atoms with Gasteiger partial charge in [0.2, 0.25) is 0 Å². The van der Waals surface area contributed by atoms with Crippen LogP contribution in [0.15, 0.2) is 37.1 Å². The SMILES string of the molecule is C=CC(C)(C)CC=O.C=COCC=C(C)C. The fourth-order valence-corrected chi connectivity index (χ4v) is 0.581. The van der Waals surface area contributed by atoms with Crippen LogP contribution in [0.3, 0.4) is 0 Å². The van der Waals surface area contributed by atoms with Crippen LogP contribution in [0.2, 0.25) is 0 Å². The molecule has 2 heteroatoms. The van der Waals surface area contributed by atoms with Crippen LogP contribution in [0, 0.1) is 5.41 Å². The molecule has 92 valence electrons. The van der Waals surface area contributed by atoms with Crippen molar-refractivity contribution in [1.29, 1.82) is 0 Å². The van der Waals surface area contributed by atoms with Crippen LogP contribution >= 0.6 is 0 Å². The Hall–Kier alpha value is -1.31. The smallest absolute Gasteiger partial charge is 0.120 e. The molecule has 0 aromatic carbocycles. The maximum atomic E-state index is 9.93. The molecule has 0 aliphatic heterocycles. The summed E-state index contributed by atoms with van der Waals surface area (Å²) < 4.78 is 4.83. The average molecular weight is 224 g/mol. The van der Waals surface area contributed by atoms with Gasteiger partial charge in [0.05, 0.1) is 6.26 Å². The quantitative estimate of drug-likeness (QED) is 0.296. The third kappa shape index (κ3) is 15.2. The third-order valence-corrected chi connectivity index (χ3v) is 1.87. The van der Waals surface area contributed by atoms with Crippen LogP contribution in [0.1, 0.15) is 34.1 Å². The molecule has 0 atom stereocenters. The van der Waals surface area contributed by atoms with Gasteiger partial charge in [-0.25, -0.2) is 0 Å². The van der Waals surface area contributed by atoms with Crippen LogP contribution in [0.5, 0.6) is 0 Å². The summed E-state index contributed by atoms with van der Waals surface area (Å²) in [5.41, 5.74) is 1.26. The molecule has 0 amide bonds. The van der Waals surface area contributed by atoms with Crippen LogP contribution in [-0.4, -0.2) is 12.9 Å². The molecular weight excluding hydrogens is 200 g/mol. The summed E-state index contributed by atoms with van der Waals surface area (Å²) in [7, 11) is 0. The molecular formula is C14H24O2. The molecule has 0 radical (unpaired) electrons. The fourth-order valence-electron chi connectivity index (χ4n) is 0.581. The lowest BCUT2D eigenvalue weighted by atomic mass is 9.91. The van der Waals surface area contributed by atoms with E-state index in [0.717, 1.165) is 6.29 Å². The van der Waals surface area contributed by atoms with Gasteiger partial charge >= 0.3 is 0 Å². The second-order valence-corrected chi connectivity index (χ2v) is 4.34. The van der Waals surface area contributed by atoms with Gasteiger partial charge in [0.1, 0.15) is 12.9 Å². The van der Waals surface area contributed by atoms with Crippen molar-refractivity contribution in [1.82, 2.24) is 0 Å². The lowest BCUT2D eigenvalue weighted by molar-refractivity contribution is -0.109. The van der Waals surface area contributed by atoms with Gasteiger partial charge in [0.15, 0.2) is 0 Å². The Morgan fingerprint density at radius 3 is 2.12 bits per heavy atom. The summed E-state index contributed by atoms with van der Waals surface area (Å²) in [5, 5.41) is 0. The number of hydrogen-bond acceptors (Lipinski definition) is 2. The summed E-state index contributed by atoms with van der Waals surface area (Å²) >= 11 is 0. The number of carbonyl (C=O) groups excluding carboxylic acids is 1. The highest BCUT2D eigenvalue weighted by Gasteiger charge is 2.10. The van der Waals surface area contributed by atoms with E-state index >= 15 is 0 Å². The highest BCUT2D eigenvalue weighted by atomic mass is 16.5. The standard InChI is InChI=1S/2C7H12O/c1-4-8-6-5-7(2)3;1-4-7(2,3)5-6-8/h4-5H,1,6H2,2-3H3;4,6H,1,5H2,2-3H3. The first kappa shape index (κ1) is 17.1. The minimum absolute atomic E-state index is 0.0122.